The van der Waals surface area contributed by atoms with Gasteiger partial charge in [-0.2, -0.15) is 0 Å². The summed E-state index contributed by atoms with van der Waals surface area (Å²) >= 11 is 0. The van der Waals surface area contributed by atoms with Crippen LogP contribution in [-0.4, -0.2) is 31.3 Å². The highest BCUT2D eigenvalue weighted by Crippen LogP contribution is 2.30. The van der Waals surface area contributed by atoms with Gasteiger partial charge in [-0.3, -0.25) is 4.79 Å². The van der Waals surface area contributed by atoms with Crippen molar-refractivity contribution >= 4 is 5.97 Å². The Kier molecular flexibility index (Phi) is 5.22. The van der Waals surface area contributed by atoms with Crippen LogP contribution in [0.4, 0.5) is 0 Å². The van der Waals surface area contributed by atoms with E-state index in [2.05, 4.69) is 13.8 Å². The Bertz CT molecular complexity index is 220. The molecule has 1 aliphatic heterocycles. The van der Waals surface area contributed by atoms with Crippen LogP contribution in [-0.2, 0) is 14.3 Å². The van der Waals surface area contributed by atoms with E-state index in [1.54, 1.807) is 0 Å². The third-order valence-electron chi connectivity index (χ3n) is 3.41. The van der Waals surface area contributed by atoms with E-state index in [0.29, 0.717) is 0 Å². The summed E-state index contributed by atoms with van der Waals surface area (Å²) in [7, 11) is 1.39. The molecule has 1 saturated heterocycles. The molecule has 1 heterocycles. The average Bonchev–Trinajstić information content (AvgIpc) is 2.35. The molecule has 16 heavy (non-hydrogen) atoms. The SMILES string of the molecule is CCC1CC(C(N)C(=O)OC)CC(CC)O1. The summed E-state index contributed by atoms with van der Waals surface area (Å²) in [6, 6.07) is -0.503. The molecule has 0 bridgehead atoms. The number of hydrogen-bond acceptors (Lipinski definition) is 4. The smallest absolute Gasteiger partial charge is 0.322 e. The Hall–Kier alpha value is -0.610. The highest BCUT2D eigenvalue weighted by molar-refractivity contribution is 5.75. The van der Waals surface area contributed by atoms with Gasteiger partial charge in [-0.15, -0.1) is 0 Å². The van der Waals surface area contributed by atoms with E-state index >= 15 is 0 Å². The Balaban J connectivity index is 2.61. The molecule has 94 valence electrons. The summed E-state index contributed by atoms with van der Waals surface area (Å²) in [6.45, 7) is 4.20. The van der Waals surface area contributed by atoms with Crippen molar-refractivity contribution < 1.29 is 14.3 Å². The molecule has 1 fully saturated rings. The third kappa shape index (κ3) is 3.19. The normalized spacial score (nSPS) is 32.1. The monoisotopic (exact) mass is 229 g/mol. The molecular weight excluding hydrogens is 206 g/mol. The predicted octanol–water partition coefficient (Wildman–Crippen LogP) is 1.47. The molecule has 0 spiro atoms. The van der Waals surface area contributed by atoms with Gasteiger partial charge in [-0.1, -0.05) is 13.8 Å². The minimum absolute atomic E-state index is 0.191. The van der Waals surface area contributed by atoms with E-state index < -0.39 is 6.04 Å². The molecule has 3 unspecified atom stereocenters. The largest absolute Gasteiger partial charge is 0.468 e. The van der Waals surface area contributed by atoms with Crippen molar-refractivity contribution in [3.63, 3.8) is 0 Å². The summed E-state index contributed by atoms with van der Waals surface area (Å²) < 4.78 is 10.6. The molecule has 0 amide bonds. The molecule has 0 saturated carbocycles. The lowest BCUT2D eigenvalue weighted by molar-refractivity contribution is -0.146. The number of rotatable bonds is 4. The van der Waals surface area contributed by atoms with Crippen LogP contribution in [0.2, 0.25) is 0 Å². The molecule has 0 aromatic rings. The van der Waals surface area contributed by atoms with Crippen LogP contribution in [0.3, 0.4) is 0 Å². The predicted molar refractivity (Wildman–Crippen MR) is 62.0 cm³/mol. The second-order valence-electron chi connectivity index (χ2n) is 4.48. The van der Waals surface area contributed by atoms with E-state index in [-0.39, 0.29) is 24.1 Å². The fraction of sp³-hybridized carbons (Fsp3) is 0.917. The highest BCUT2D eigenvalue weighted by atomic mass is 16.5. The van der Waals surface area contributed by atoms with Crippen molar-refractivity contribution in [3.8, 4) is 0 Å². The zero-order valence-electron chi connectivity index (χ0n) is 10.4. The Morgan fingerprint density at radius 2 is 1.88 bits per heavy atom. The molecular formula is C12H23NO3. The fourth-order valence-electron chi connectivity index (χ4n) is 2.30. The fourth-order valence-corrected chi connectivity index (χ4v) is 2.30. The van der Waals surface area contributed by atoms with Gasteiger partial charge in [-0.25, -0.2) is 0 Å². The van der Waals surface area contributed by atoms with Gasteiger partial charge >= 0.3 is 5.97 Å². The Labute approximate surface area is 97.5 Å². The molecule has 1 aliphatic rings. The quantitative estimate of drug-likeness (QED) is 0.742. The topological polar surface area (TPSA) is 61.6 Å². The second-order valence-corrected chi connectivity index (χ2v) is 4.48. The van der Waals surface area contributed by atoms with Gasteiger partial charge in [0.05, 0.1) is 19.3 Å². The van der Waals surface area contributed by atoms with Crippen LogP contribution in [0.5, 0.6) is 0 Å². The van der Waals surface area contributed by atoms with E-state index in [1.807, 2.05) is 0 Å². The van der Waals surface area contributed by atoms with Gasteiger partial charge in [0.2, 0.25) is 0 Å². The lowest BCUT2D eigenvalue weighted by Gasteiger charge is -2.36. The van der Waals surface area contributed by atoms with Crippen LogP contribution < -0.4 is 5.73 Å². The van der Waals surface area contributed by atoms with Crippen molar-refractivity contribution in [3.05, 3.63) is 0 Å². The standard InChI is InChI=1S/C12H23NO3/c1-4-9-6-8(7-10(5-2)16-9)11(13)12(14)15-3/h8-11H,4-7,13H2,1-3H3. The van der Waals surface area contributed by atoms with Crippen molar-refractivity contribution in [1.29, 1.82) is 0 Å². The van der Waals surface area contributed by atoms with Gasteiger partial charge in [0.1, 0.15) is 6.04 Å². The first-order valence-electron chi connectivity index (χ1n) is 6.11. The molecule has 1 rings (SSSR count). The summed E-state index contributed by atoms with van der Waals surface area (Å²) in [4.78, 5) is 11.4. The number of esters is 1. The zero-order valence-corrected chi connectivity index (χ0v) is 10.4. The maximum atomic E-state index is 11.4. The molecule has 0 aliphatic carbocycles. The van der Waals surface area contributed by atoms with Crippen LogP contribution in [0.15, 0.2) is 0 Å². The maximum absolute atomic E-state index is 11.4. The van der Waals surface area contributed by atoms with Crippen molar-refractivity contribution in [2.24, 2.45) is 11.7 Å². The number of carbonyl (C=O) groups is 1. The van der Waals surface area contributed by atoms with Gasteiger partial charge < -0.3 is 15.2 Å². The molecule has 2 N–H and O–H groups in total. The number of ether oxygens (including phenoxy) is 2. The van der Waals surface area contributed by atoms with Gasteiger partial charge in [-0.05, 0) is 31.6 Å². The lowest BCUT2D eigenvalue weighted by atomic mass is 9.84. The van der Waals surface area contributed by atoms with E-state index in [4.69, 9.17) is 15.2 Å². The van der Waals surface area contributed by atoms with E-state index in [9.17, 15) is 4.79 Å². The second kappa shape index (κ2) is 6.21. The van der Waals surface area contributed by atoms with Crippen LogP contribution in [0, 0.1) is 5.92 Å². The molecule has 4 nitrogen and oxygen atoms in total. The summed E-state index contributed by atoms with van der Waals surface area (Å²) in [5.41, 5.74) is 5.91. The average molecular weight is 229 g/mol. The van der Waals surface area contributed by atoms with Crippen molar-refractivity contribution in [2.45, 2.75) is 57.8 Å². The summed E-state index contributed by atoms with van der Waals surface area (Å²) in [5.74, 6) is -0.118. The van der Waals surface area contributed by atoms with Crippen LogP contribution >= 0.6 is 0 Å². The first-order chi connectivity index (χ1) is 7.62. The number of hydrogen-bond donors (Lipinski definition) is 1. The molecule has 0 radical (unpaired) electrons. The minimum atomic E-state index is -0.503. The molecule has 4 heteroatoms. The highest BCUT2D eigenvalue weighted by Gasteiger charge is 2.34. The van der Waals surface area contributed by atoms with Gasteiger partial charge in [0.15, 0.2) is 0 Å². The van der Waals surface area contributed by atoms with Crippen molar-refractivity contribution in [2.75, 3.05) is 7.11 Å². The van der Waals surface area contributed by atoms with Crippen LogP contribution in [0.1, 0.15) is 39.5 Å². The lowest BCUT2D eigenvalue weighted by Crippen LogP contribution is -2.45. The van der Waals surface area contributed by atoms with Gasteiger partial charge in [0, 0.05) is 0 Å². The van der Waals surface area contributed by atoms with Crippen molar-refractivity contribution in [1.82, 2.24) is 0 Å². The zero-order chi connectivity index (χ0) is 12.1. The van der Waals surface area contributed by atoms with E-state index in [0.717, 1.165) is 25.7 Å². The molecule has 0 aromatic carbocycles. The van der Waals surface area contributed by atoms with Crippen LogP contribution in [0.25, 0.3) is 0 Å². The first kappa shape index (κ1) is 13.5. The summed E-state index contributed by atoms with van der Waals surface area (Å²) in [5, 5.41) is 0. The molecule has 0 aromatic heterocycles. The number of carbonyl (C=O) groups excluding carboxylic acids is 1. The van der Waals surface area contributed by atoms with E-state index in [1.165, 1.54) is 7.11 Å². The summed E-state index contributed by atoms with van der Waals surface area (Å²) in [6.07, 6.45) is 4.15. The first-order valence-corrected chi connectivity index (χ1v) is 6.11. The number of methoxy groups -OCH3 is 1. The Morgan fingerprint density at radius 1 is 1.38 bits per heavy atom. The number of nitrogens with two attached hydrogens (primary N) is 1. The Morgan fingerprint density at radius 3 is 2.25 bits per heavy atom. The minimum Gasteiger partial charge on any atom is -0.468 e. The molecule has 3 atom stereocenters. The maximum Gasteiger partial charge on any atom is 0.322 e. The van der Waals surface area contributed by atoms with Gasteiger partial charge in [0.25, 0.3) is 0 Å². The third-order valence-corrected chi connectivity index (χ3v) is 3.41.